The third-order valence-electron chi connectivity index (χ3n) is 3.73. The van der Waals surface area contributed by atoms with Crippen molar-refractivity contribution < 1.29 is 9.47 Å². The molecule has 0 amide bonds. The molecule has 0 aliphatic rings. The molecule has 2 rings (SSSR count). The summed E-state index contributed by atoms with van der Waals surface area (Å²) in [6.07, 6.45) is 0. The van der Waals surface area contributed by atoms with Gasteiger partial charge in [-0.2, -0.15) is 5.10 Å². The molecule has 23 heavy (non-hydrogen) atoms. The van der Waals surface area contributed by atoms with Crippen LogP contribution in [0.5, 0.6) is 11.5 Å². The Morgan fingerprint density at radius 2 is 1.78 bits per heavy atom. The minimum Gasteiger partial charge on any atom is -0.493 e. The fourth-order valence-corrected chi connectivity index (χ4v) is 2.60. The summed E-state index contributed by atoms with van der Waals surface area (Å²) in [5.41, 5.74) is 4.41. The Bertz CT molecular complexity index is 654. The van der Waals surface area contributed by atoms with Crippen LogP contribution in [0.1, 0.15) is 36.8 Å². The van der Waals surface area contributed by atoms with E-state index in [1.54, 1.807) is 14.2 Å². The fourth-order valence-electron chi connectivity index (χ4n) is 2.60. The van der Waals surface area contributed by atoms with Crippen molar-refractivity contribution in [2.45, 2.75) is 40.3 Å². The molecular weight excluding hydrogens is 314 g/mol. The summed E-state index contributed by atoms with van der Waals surface area (Å²) in [5.74, 6) is 1.49. The number of methoxy groups -OCH3 is 2. The lowest BCUT2D eigenvalue weighted by Gasteiger charge is -2.12. The van der Waals surface area contributed by atoms with Crippen LogP contribution in [0.15, 0.2) is 18.2 Å². The molecular formula is C17H26ClN3O2. The minimum absolute atomic E-state index is 0. The molecule has 0 unspecified atom stereocenters. The second kappa shape index (κ2) is 8.11. The number of ether oxygens (including phenoxy) is 2. The summed E-state index contributed by atoms with van der Waals surface area (Å²) in [4.78, 5) is 0. The summed E-state index contributed by atoms with van der Waals surface area (Å²) in [7, 11) is 3.29. The highest BCUT2D eigenvalue weighted by molar-refractivity contribution is 5.85. The number of anilines is 1. The average molecular weight is 340 g/mol. The molecule has 0 fully saturated rings. The maximum atomic E-state index is 5.34. The molecule has 128 valence electrons. The largest absolute Gasteiger partial charge is 0.493 e. The van der Waals surface area contributed by atoms with Crippen molar-refractivity contribution in [1.29, 1.82) is 0 Å². The van der Waals surface area contributed by atoms with Crippen molar-refractivity contribution >= 4 is 18.1 Å². The first-order chi connectivity index (χ1) is 10.5. The van der Waals surface area contributed by atoms with E-state index < -0.39 is 0 Å². The van der Waals surface area contributed by atoms with E-state index in [2.05, 4.69) is 31.2 Å². The maximum Gasteiger partial charge on any atom is 0.161 e. The number of nitrogens with zero attached hydrogens (tertiary/aromatic N) is 2. The van der Waals surface area contributed by atoms with Gasteiger partial charge in [-0.25, -0.2) is 0 Å². The lowest BCUT2D eigenvalue weighted by Crippen LogP contribution is -2.06. The van der Waals surface area contributed by atoms with Gasteiger partial charge in [0.2, 0.25) is 0 Å². The molecule has 1 aromatic carbocycles. The first-order valence-corrected chi connectivity index (χ1v) is 7.48. The van der Waals surface area contributed by atoms with Gasteiger partial charge in [-0.1, -0.05) is 6.07 Å². The van der Waals surface area contributed by atoms with Crippen LogP contribution in [-0.2, 0) is 6.54 Å². The Labute approximate surface area is 144 Å². The zero-order chi connectivity index (χ0) is 16.3. The molecule has 0 atom stereocenters. The number of aromatic nitrogens is 2. The van der Waals surface area contributed by atoms with Crippen LogP contribution in [0.25, 0.3) is 0 Å². The smallest absolute Gasteiger partial charge is 0.161 e. The van der Waals surface area contributed by atoms with Gasteiger partial charge >= 0.3 is 0 Å². The SMILES string of the molecule is COc1ccc(CNc2c(C)nn(C(C)C)c2C)cc1OC.Cl. The van der Waals surface area contributed by atoms with E-state index in [-0.39, 0.29) is 12.4 Å². The van der Waals surface area contributed by atoms with Gasteiger partial charge in [0.15, 0.2) is 11.5 Å². The van der Waals surface area contributed by atoms with Crippen molar-refractivity contribution in [3.8, 4) is 11.5 Å². The molecule has 0 aliphatic heterocycles. The second-order valence-electron chi connectivity index (χ2n) is 5.63. The molecule has 0 radical (unpaired) electrons. The van der Waals surface area contributed by atoms with Crippen LogP contribution in [0, 0.1) is 13.8 Å². The molecule has 6 heteroatoms. The van der Waals surface area contributed by atoms with E-state index in [0.29, 0.717) is 12.6 Å². The third-order valence-corrected chi connectivity index (χ3v) is 3.73. The number of benzene rings is 1. The highest BCUT2D eigenvalue weighted by Gasteiger charge is 2.13. The van der Waals surface area contributed by atoms with E-state index in [4.69, 9.17) is 9.47 Å². The van der Waals surface area contributed by atoms with Gasteiger partial charge < -0.3 is 14.8 Å². The zero-order valence-corrected chi connectivity index (χ0v) is 15.5. The molecule has 1 heterocycles. The first-order valence-electron chi connectivity index (χ1n) is 7.48. The van der Waals surface area contributed by atoms with Gasteiger partial charge in [0.05, 0.1) is 31.3 Å². The highest BCUT2D eigenvalue weighted by atomic mass is 35.5. The number of hydrogen-bond acceptors (Lipinski definition) is 4. The van der Waals surface area contributed by atoms with Crippen LogP contribution in [0.4, 0.5) is 5.69 Å². The summed E-state index contributed by atoms with van der Waals surface area (Å²) >= 11 is 0. The van der Waals surface area contributed by atoms with Crippen LogP contribution in [-0.4, -0.2) is 24.0 Å². The van der Waals surface area contributed by atoms with Crippen molar-refractivity contribution in [2.24, 2.45) is 0 Å². The summed E-state index contributed by atoms with van der Waals surface area (Å²) in [6.45, 7) is 9.11. The molecule has 2 aromatic rings. The predicted octanol–water partition coefficient (Wildman–Crippen LogP) is 4.13. The first kappa shape index (κ1) is 19.2. The van der Waals surface area contributed by atoms with E-state index in [0.717, 1.165) is 34.1 Å². The van der Waals surface area contributed by atoms with Crippen LogP contribution < -0.4 is 14.8 Å². The van der Waals surface area contributed by atoms with Crippen molar-refractivity contribution in [1.82, 2.24) is 9.78 Å². The van der Waals surface area contributed by atoms with E-state index >= 15 is 0 Å². The van der Waals surface area contributed by atoms with Gasteiger partial charge in [0.1, 0.15) is 0 Å². The Morgan fingerprint density at radius 3 is 2.30 bits per heavy atom. The normalized spacial score (nSPS) is 10.4. The van der Waals surface area contributed by atoms with Gasteiger partial charge in [-0.05, 0) is 45.4 Å². The molecule has 0 bridgehead atoms. The molecule has 1 aromatic heterocycles. The summed E-state index contributed by atoms with van der Waals surface area (Å²) < 4.78 is 12.7. The molecule has 5 nitrogen and oxygen atoms in total. The summed E-state index contributed by atoms with van der Waals surface area (Å²) in [6, 6.07) is 6.30. The number of nitrogens with one attached hydrogen (secondary N) is 1. The van der Waals surface area contributed by atoms with E-state index in [9.17, 15) is 0 Å². The Hall–Kier alpha value is -1.88. The predicted molar refractivity (Wildman–Crippen MR) is 96.2 cm³/mol. The lowest BCUT2D eigenvalue weighted by atomic mass is 10.2. The number of halogens is 1. The Morgan fingerprint density at radius 1 is 1.13 bits per heavy atom. The second-order valence-corrected chi connectivity index (χ2v) is 5.63. The third kappa shape index (κ3) is 4.10. The Balaban J connectivity index is 0.00000264. The number of rotatable bonds is 6. The van der Waals surface area contributed by atoms with Crippen LogP contribution in [0.3, 0.4) is 0 Å². The van der Waals surface area contributed by atoms with Crippen LogP contribution >= 0.6 is 12.4 Å². The monoisotopic (exact) mass is 339 g/mol. The van der Waals surface area contributed by atoms with Crippen molar-refractivity contribution in [3.05, 3.63) is 35.2 Å². The van der Waals surface area contributed by atoms with Gasteiger partial charge in [0.25, 0.3) is 0 Å². The Kier molecular flexibility index (Phi) is 6.76. The van der Waals surface area contributed by atoms with Gasteiger partial charge in [0, 0.05) is 12.6 Å². The van der Waals surface area contributed by atoms with E-state index in [1.807, 2.05) is 29.8 Å². The lowest BCUT2D eigenvalue weighted by molar-refractivity contribution is 0.354. The van der Waals surface area contributed by atoms with Gasteiger partial charge in [-0.15, -0.1) is 12.4 Å². The number of aryl methyl sites for hydroxylation is 1. The summed E-state index contributed by atoms with van der Waals surface area (Å²) in [5, 5.41) is 8.07. The van der Waals surface area contributed by atoms with Crippen molar-refractivity contribution in [3.63, 3.8) is 0 Å². The van der Waals surface area contributed by atoms with E-state index in [1.165, 1.54) is 0 Å². The highest BCUT2D eigenvalue weighted by Crippen LogP contribution is 2.28. The average Bonchev–Trinajstić information content (AvgIpc) is 2.79. The molecule has 0 saturated carbocycles. The standard InChI is InChI=1S/C17H25N3O2.ClH/c1-11(2)20-13(4)17(12(3)19-20)18-10-14-7-8-15(21-5)16(9-14)22-6;/h7-9,11,18H,10H2,1-6H3;1H. The minimum atomic E-state index is 0. The number of hydrogen-bond donors (Lipinski definition) is 1. The van der Waals surface area contributed by atoms with Crippen molar-refractivity contribution in [2.75, 3.05) is 19.5 Å². The van der Waals surface area contributed by atoms with Gasteiger partial charge in [-0.3, -0.25) is 4.68 Å². The molecule has 1 N–H and O–H groups in total. The molecule has 0 saturated heterocycles. The fraction of sp³-hybridized carbons (Fsp3) is 0.471. The molecule has 0 aliphatic carbocycles. The van der Waals surface area contributed by atoms with Crippen LogP contribution in [0.2, 0.25) is 0 Å². The zero-order valence-electron chi connectivity index (χ0n) is 14.6. The molecule has 0 spiro atoms. The quantitative estimate of drug-likeness (QED) is 0.859. The topological polar surface area (TPSA) is 48.3 Å². The maximum absolute atomic E-state index is 5.34.